The van der Waals surface area contributed by atoms with Gasteiger partial charge in [-0.25, -0.2) is 0 Å². The van der Waals surface area contributed by atoms with Gasteiger partial charge < -0.3 is 24.6 Å². The molecule has 7 heteroatoms. The monoisotopic (exact) mass is 305 g/mol. The van der Waals surface area contributed by atoms with Crippen LogP contribution in [0.15, 0.2) is 36.7 Å². The summed E-state index contributed by atoms with van der Waals surface area (Å²) in [5.74, 6) is 2.04. The molecular weight excluding hydrogens is 286 g/mol. The van der Waals surface area contributed by atoms with Crippen LogP contribution >= 0.6 is 0 Å². The van der Waals surface area contributed by atoms with Crippen molar-refractivity contribution in [1.29, 1.82) is 0 Å². The molecule has 118 valence electrons. The standard InChI is InChI=1S/C15H19N3O4/c19-12(9-16-5-7-18-6-1-4-17-18)10-20-13-2-3-14-15(8-13)22-11-21-14/h1-4,6,8,12,16,19H,5,7,9-11H2/t12-/m0/s1. The minimum absolute atomic E-state index is 0.217. The van der Waals surface area contributed by atoms with Gasteiger partial charge >= 0.3 is 0 Å². The zero-order chi connectivity index (χ0) is 15.2. The lowest BCUT2D eigenvalue weighted by atomic mass is 10.3. The van der Waals surface area contributed by atoms with Crippen LogP contribution < -0.4 is 19.5 Å². The smallest absolute Gasteiger partial charge is 0.231 e. The van der Waals surface area contributed by atoms with Gasteiger partial charge in [-0.1, -0.05) is 0 Å². The number of ether oxygens (including phenoxy) is 3. The summed E-state index contributed by atoms with van der Waals surface area (Å²) in [4.78, 5) is 0. The first-order chi connectivity index (χ1) is 10.8. The Morgan fingerprint density at radius 3 is 3.14 bits per heavy atom. The van der Waals surface area contributed by atoms with Crippen LogP contribution in [0.25, 0.3) is 0 Å². The van der Waals surface area contributed by atoms with Crippen LogP contribution in [-0.2, 0) is 6.54 Å². The summed E-state index contributed by atoms with van der Waals surface area (Å²) in [6.07, 6.45) is 3.07. The van der Waals surface area contributed by atoms with Gasteiger partial charge in [-0.05, 0) is 18.2 Å². The van der Waals surface area contributed by atoms with Crippen LogP contribution in [0.1, 0.15) is 0 Å². The summed E-state index contributed by atoms with van der Waals surface area (Å²) in [6.45, 7) is 2.42. The zero-order valence-corrected chi connectivity index (χ0v) is 12.1. The number of hydrogen-bond acceptors (Lipinski definition) is 6. The normalized spacial score (nSPS) is 14.0. The molecule has 7 nitrogen and oxygen atoms in total. The molecule has 1 atom stereocenters. The number of benzene rings is 1. The predicted octanol–water partition coefficient (Wildman–Crippen LogP) is 0.641. The quantitative estimate of drug-likeness (QED) is 0.697. The average molecular weight is 305 g/mol. The van der Waals surface area contributed by atoms with E-state index in [0.29, 0.717) is 23.8 Å². The first-order valence-electron chi connectivity index (χ1n) is 7.20. The average Bonchev–Trinajstić information content (AvgIpc) is 3.20. The van der Waals surface area contributed by atoms with Gasteiger partial charge in [-0.2, -0.15) is 5.10 Å². The van der Waals surface area contributed by atoms with E-state index in [2.05, 4.69) is 10.4 Å². The molecule has 1 aromatic carbocycles. The molecule has 1 aliphatic heterocycles. The van der Waals surface area contributed by atoms with E-state index in [0.717, 1.165) is 13.1 Å². The number of aliphatic hydroxyl groups excluding tert-OH is 1. The van der Waals surface area contributed by atoms with E-state index in [4.69, 9.17) is 14.2 Å². The summed E-state index contributed by atoms with van der Waals surface area (Å²) >= 11 is 0. The van der Waals surface area contributed by atoms with Crippen LogP contribution in [0.4, 0.5) is 0 Å². The fourth-order valence-electron chi connectivity index (χ4n) is 2.11. The maximum Gasteiger partial charge on any atom is 0.231 e. The van der Waals surface area contributed by atoms with Crippen LogP contribution in [0, 0.1) is 0 Å². The third-order valence-electron chi connectivity index (χ3n) is 3.24. The molecule has 2 aromatic rings. The van der Waals surface area contributed by atoms with Crippen molar-refractivity contribution in [2.24, 2.45) is 0 Å². The second-order valence-electron chi connectivity index (χ2n) is 4.95. The number of nitrogens with zero attached hydrogens (tertiary/aromatic N) is 2. The summed E-state index contributed by atoms with van der Waals surface area (Å²) in [5.41, 5.74) is 0. The van der Waals surface area contributed by atoms with Crippen molar-refractivity contribution in [3.8, 4) is 17.2 Å². The van der Waals surface area contributed by atoms with Crippen molar-refractivity contribution in [1.82, 2.24) is 15.1 Å². The van der Waals surface area contributed by atoms with E-state index in [9.17, 15) is 5.11 Å². The molecule has 1 aromatic heterocycles. The molecule has 0 bridgehead atoms. The van der Waals surface area contributed by atoms with Gasteiger partial charge in [0.25, 0.3) is 0 Å². The van der Waals surface area contributed by atoms with Crippen molar-refractivity contribution in [3.63, 3.8) is 0 Å². The van der Waals surface area contributed by atoms with Gasteiger partial charge in [0.05, 0.1) is 6.54 Å². The Labute approximate surface area is 128 Å². The summed E-state index contributed by atoms with van der Waals surface area (Å²) in [7, 11) is 0. The van der Waals surface area contributed by atoms with Gasteiger partial charge in [-0.3, -0.25) is 4.68 Å². The third kappa shape index (κ3) is 3.90. The molecule has 0 amide bonds. The highest BCUT2D eigenvalue weighted by Gasteiger charge is 2.14. The molecule has 0 spiro atoms. The van der Waals surface area contributed by atoms with Crippen molar-refractivity contribution < 1.29 is 19.3 Å². The molecule has 2 N–H and O–H groups in total. The second kappa shape index (κ2) is 7.15. The Balaban J connectivity index is 1.34. The molecule has 0 aliphatic carbocycles. The van der Waals surface area contributed by atoms with Gasteiger partial charge in [-0.15, -0.1) is 0 Å². The molecule has 22 heavy (non-hydrogen) atoms. The van der Waals surface area contributed by atoms with E-state index < -0.39 is 6.10 Å². The number of aliphatic hydroxyl groups is 1. The fraction of sp³-hybridized carbons (Fsp3) is 0.400. The van der Waals surface area contributed by atoms with Crippen LogP contribution in [0.3, 0.4) is 0 Å². The molecule has 0 saturated carbocycles. The molecule has 0 unspecified atom stereocenters. The van der Waals surface area contributed by atoms with Crippen LogP contribution in [0.5, 0.6) is 17.2 Å². The Hall–Kier alpha value is -2.25. The topological polar surface area (TPSA) is 77.8 Å². The van der Waals surface area contributed by atoms with Gasteiger partial charge in [0.2, 0.25) is 6.79 Å². The summed E-state index contributed by atoms with van der Waals surface area (Å²) < 4.78 is 17.9. The minimum atomic E-state index is -0.581. The van der Waals surface area contributed by atoms with Gasteiger partial charge in [0.15, 0.2) is 11.5 Å². The predicted molar refractivity (Wildman–Crippen MR) is 79.2 cm³/mol. The minimum Gasteiger partial charge on any atom is -0.491 e. The lowest BCUT2D eigenvalue weighted by Crippen LogP contribution is -2.33. The van der Waals surface area contributed by atoms with E-state index in [1.54, 1.807) is 24.4 Å². The van der Waals surface area contributed by atoms with Gasteiger partial charge in [0, 0.05) is 31.5 Å². The largest absolute Gasteiger partial charge is 0.491 e. The Kier molecular flexibility index (Phi) is 4.77. The fourth-order valence-corrected chi connectivity index (χ4v) is 2.11. The highest BCUT2D eigenvalue weighted by molar-refractivity contribution is 5.46. The molecule has 0 saturated heterocycles. The van der Waals surface area contributed by atoms with Crippen LogP contribution in [-0.4, -0.2) is 47.5 Å². The van der Waals surface area contributed by atoms with E-state index in [1.807, 2.05) is 16.9 Å². The van der Waals surface area contributed by atoms with E-state index >= 15 is 0 Å². The SMILES string of the molecule is O[C@@H](CNCCn1cccn1)COc1ccc2c(c1)OCO2. The summed E-state index contributed by atoms with van der Waals surface area (Å²) in [5, 5.41) is 17.2. The summed E-state index contributed by atoms with van der Waals surface area (Å²) in [6, 6.07) is 7.24. The zero-order valence-electron chi connectivity index (χ0n) is 12.1. The second-order valence-corrected chi connectivity index (χ2v) is 4.95. The number of fused-ring (bicyclic) bond motifs is 1. The maximum atomic E-state index is 9.90. The Morgan fingerprint density at radius 1 is 1.36 bits per heavy atom. The first kappa shape index (κ1) is 14.7. The third-order valence-corrected chi connectivity index (χ3v) is 3.24. The van der Waals surface area contributed by atoms with E-state index in [1.165, 1.54) is 0 Å². The molecular formula is C15H19N3O4. The molecule has 2 heterocycles. The number of hydrogen-bond donors (Lipinski definition) is 2. The van der Waals surface area contributed by atoms with Crippen molar-refractivity contribution in [3.05, 3.63) is 36.7 Å². The highest BCUT2D eigenvalue weighted by Crippen LogP contribution is 2.35. The van der Waals surface area contributed by atoms with Gasteiger partial charge in [0.1, 0.15) is 18.5 Å². The van der Waals surface area contributed by atoms with Crippen molar-refractivity contribution in [2.75, 3.05) is 26.5 Å². The van der Waals surface area contributed by atoms with Crippen LogP contribution in [0.2, 0.25) is 0 Å². The van der Waals surface area contributed by atoms with E-state index in [-0.39, 0.29) is 13.4 Å². The molecule has 0 radical (unpaired) electrons. The maximum absolute atomic E-state index is 9.90. The molecule has 1 aliphatic rings. The first-order valence-corrected chi connectivity index (χ1v) is 7.20. The number of nitrogens with one attached hydrogen (secondary N) is 1. The van der Waals surface area contributed by atoms with Crippen molar-refractivity contribution in [2.45, 2.75) is 12.6 Å². The Morgan fingerprint density at radius 2 is 2.27 bits per heavy atom. The highest BCUT2D eigenvalue weighted by atomic mass is 16.7. The lowest BCUT2D eigenvalue weighted by Gasteiger charge is -2.13. The number of aromatic nitrogens is 2. The van der Waals surface area contributed by atoms with Crippen molar-refractivity contribution >= 4 is 0 Å². The number of rotatable bonds is 8. The molecule has 0 fully saturated rings. The molecule has 3 rings (SSSR count). The Bertz CT molecular complexity index is 588. The lowest BCUT2D eigenvalue weighted by molar-refractivity contribution is 0.106.